The maximum absolute atomic E-state index is 13.0. The van der Waals surface area contributed by atoms with Gasteiger partial charge in [-0.15, -0.1) is 0 Å². The molecule has 3 N–H and O–H groups in total. The summed E-state index contributed by atoms with van der Waals surface area (Å²) in [5, 5.41) is 12.8. The topological polar surface area (TPSA) is 109 Å². The van der Waals surface area contributed by atoms with Crippen LogP contribution in [-0.2, 0) is 16.1 Å². The molecule has 31 heavy (non-hydrogen) atoms. The fraction of sp³-hybridized carbons (Fsp3) is 0.565. The largest absolute Gasteiger partial charge is 0.497 e. The molecule has 4 aliphatic rings. The standard InChI is InChI=1S/C23H29N5O3/c1-31-18-4-2-17(3-5-18)21-26-19(27-28-21)12-24-20(29)13-25-22(30)23-9-14-6-15(10-23)8-16(7-14)11-23/h2-5,14-16H,6-13H2,1H3,(H,24,29)(H,25,30)(H,26,27,28). The average molecular weight is 424 g/mol. The van der Waals surface area contributed by atoms with Crippen LogP contribution in [0, 0.1) is 23.2 Å². The molecule has 0 radical (unpaired) electrons. The number of benzene rings is 1. The first-order chi connectivity index (χ1) is 15.0. The van der Waals surface area contributed by atoms with E-state index in [1.807, 2.05) is 24.3 Å². The summed E-state index contributed by atoms with van der Waals surface area (Å²) in [6.07, 6.45) is 6.88. The van der Waals surface area contributed by atoms with E-state index in [9.17, 15) is 9.59 Å². The van der Waals surface area contributed by atoms with Gasteiger partial charge in [0, 0.05) is 11.0 Å². The van der Waals surface area contributed by atoms with Crippen molar-refractivity contribution in [3.63, 3.8) is 0 Å². The number of ether oxygens (including phenoxy) is 1. The molecule has 0 spiro atoms. The number of hydrogen-bond acceptors (Lipinski definition) is 5. The molecule has 1 aromatic carbocycles. The van der Waals surface area contributed by atoms with Gasteiger partial charge in [0.15, 0.2) is 5.82 Å². The van der Waals surface area contributed by atoms with E-state index in [1.54, 1.807) is 7.11 Å². The van der Waals surface area contributed by atoms with E-state index >= 15 is 0 Å². The molecular weight excluding hydrogens is 394 g/mol. The molecule has 4 saturated carbocycles. The minimum Gasteiger partial charge on any atom is -0.497 e. The molecule has 4 fully saturated rings. The predicted molar refractivity (Wildman–Crippen MR) is 114 cm³/mol. The first-order valence-electron chi connectivity index (χ1n) is 11.1. The Morgan fingerprint density at radius 2 is 1.71 bits per heavy atom. The SMILES string of the molecule is COc1ccc(-c2n[nH]c(CNC(=O)CNC(=O)C34CC5CC(CC(C5)C3)C4)n2)cc1. The third kappa shape index (κ3) is 4.03. The number of amides is 2. The first kappa shape index (κ1) is 20.0. The quantitative estimate of drug-likeness (QED) is 0.634. The van der Waals surface area contributed by atoms with Crippen LogP contribution in [0.25, 0.3) is 11.4 Å². The zero-order valence-corrected chi connectivity index (χ0v) is 17.8. The molecule has 8 heteroatoms. The van der Waals surface area contributed by atoms with Crippen LogP contribution in [0.4, 0.5) is 0 Å². The van der Waals surface area contributed by atoms with Gasteiger partial charge >= 0.3 is 0 Å². The van der Waals surface area contributed by atoms with Gasteiger partial charge in [-0.3, -0.25) is 14.7 Å². The number of H-pyrrole nitrogens is 1. The van der Waals surface area contributed by atoms with Crippen molar-refractivity contribution in [2.45, 2.75) is 45.1 Å². The second-order valence-corrected chi connectivity index (χ2v) is 9.49. The lowest BCUT2D eigenvalue weighted by atomic mass is 9.49. The molecule has 0 atom stereocenters. The monoisotopic (exact) mass is 423 g/mol. The number of carbonyl (C=O) groups excluding carboxylic acids is 2. The number of aromatic amines is 1. The van der Waals surface area contributed by atoms with Crippen molar-refractivity contribution in [1.29, 1.82) is 0 Å². The van der Waals surface area contributed by atoms with Crippen LogP contribution in [0.15, 0.2) is 24.3 Å². The maximum Gasteiger partial charge on any atom is 0.239 e. The molecule has 164 valence electrons. The molecule has 0 aliphatic heterocycles. The van der Waals surface area contributed by atoms with Gasteiger partial charge in [0.1, 0.15) is 11.6 Å². The maximum atomic E-state index is 13.0. The average Bonchev–Trinajstić information content (AvgIpc) is 3.24. The highest BCUT2D eigenvalue weighted by Gasteiger charge is 2.54. The van der Waals surface area contributed by atoms with Crippen molar-refractivity contribution in [2.24, 2.45) is 23.2 Å². The van der Waals surface area contributed by atoms with Crippen molar-refractivity contribution in [3.05, 3.63) is 30.1 Å². The highest BCUT2D eigenvalue weighted by atomic mass is 16.5. The molecule has 2 aromatic rings. The van der Waals surface area contributed by atoms with E-state index in [4.69, 9.17) is 4.74 Å². The van der Waals surface area contributed by atoms with Crippen LogP contribution >= 0.6 is 0 Å². The van der Waals surface area contributed by atoms with Gasteiger partial charge in [-0.2, -0.15) is 5.10 Å². The van der Waals surface area contributed by atoms with Gasteiger partial charge in [0.25, 0.3) is 0 Å². The molecule has 1 heterocycles. The Labute approximate surface area is 181 Å². The predicted octanol–water partition coefficient (Wildman–Crippen LogP) is 2.43. The first-order valence-corrected chi connectivity index (χ1v) is 11.1. The molecule has 6 rings (SSSR count). The number of nitrogens with one attached hydrogen (secondary N) is 3. The highest BCUT2D eigenvalue weighted by molar-refractivity contribution is 5.88. The van der Waals surface area contributed by atoms with Crippen LogP contribution in [0.1, 0.15) is 44.3 Å². The summed E-state index contributed by atoms with van der Waals surface area (Å²) in [5.74, 6) is 3.85. The molecular formula is C23H29N5O3. The highest BCUT2D eigenvalue weighted by Crippen LogP contribution is 2.60. The zero-order chi connectivity index (χ0) is 21.4. The Bertz CT molecular complexity index is 933. The lowest BCUT2D eigenvalue weighted by Crippen LogP contribution is -2.54. The number of rotatable bonds is 7. The fourth-order valence-corrected chi connectivity index (χ4v) is 6.23. The Morgan fingerprint density at radius 3 is 2.32 bits per heavy atom. The number of carbonyl (C=O) groups is 2. The Balaban J connectivity index is 1.11. The van der Waals surface area contributed by atoms with Gasteiger partial charge in [0.2, 0.25) is 11.8 Å². The second-order valence-electron chi connectivity index (χ2n) is 9.49. The number of aromatic nitrogens is 3. The van der Waals surface area contributed by atoms with Gasteiger partial charge in [0.05, 0.1) is 20.2 Å². The van der Waals surface area contributed by atoms with E-state index in [2.05, 4.69) is 25.8 Å². The summed E-state index contributed by atoms with van der Waals surface area (Å²) in [7, 11) is 1.62. The summed E-state index contributed by atoms with van der Waals surface area (Å²) < 4.78 is 5.16. The van der Waals surface area contributed by atoms with Crippen LogP contribution in [-0.4, -0.2) is 40.7 Å². The zero-order valence-electron chi connectivity index (χ0n) is 17.8. The van der Waals surface area contributed by atoms with Gasteiger partial charge < -0.3 is 15.4 Å². The van der Waals surface area contributed by atoms with Gasteiger partial charge in [-0.05, 0) is 80.5 Å². The summed E-state index contributed by atoms with van der Waals surface area (Å²) in [5.41, 5.74) is 0.630. The van der Waals surface area contributed by atoms with Crippen molar-refractivity contribution in [3.8, 4) is 17.1 Å². The Hall–Kier alpha value is -2.90. The number of methoxy groups -OCH3 is 1. The smallest absolute Gasteiger partial charge is 0.239 e. The minimum atomic E-state index is -0.229. The van der Waals surface area contributed by atoms with E-state index in [0.717, 1.165) is 30.6 Å². The molecule has 8 nitrogen and oxygen atoms in total. The number of hydrogen-bond donors (Lipinski definition) is 3. The van der Waals surface area contributed by atoms with E-state index < -0.39 is 0 Å². The van der Waals surface area contributed by atoms with Crippen molar-refractivity contribution in [2.75, 3.05) is 13.7 Å². The van der Waals surface area contributed by atoms with E-state index in [1.165, 1.54) is 19.3 Å². The molecule has 4 aliphatic carbocycles. The summed E-state index contributed by atoms with van der Waals surface area (Å²) in [4.78, 5) is 29.7. The van der Waals surface area contributed by atoms with Crippen molar-refractivity contribution < 1.29 is 14.3 Å². The third-order valence-corrected chi connectivity index (χ3v) is 7.26. The van der Waals surface area contributed by atoms with Crippen LogP contribution in [0.2, 0.25) is 0 Å². The number of nitrogens with zero attached hydrogens (tertiary/aromatic N) is 2. The fourth-order valence-electron chi connectivity index (χ4n) is 6.23. The summed E-state index contributed by atoms with van der Waals surface area (Å²) in [6, 6.07) is 7.45. The summed E-state index contributed by atoms with van der Waals surface area (Å²) >= 11 is 0. The second kappa shape index (κ2) is 7.98. The molecule has 0 saturated heterocycles. The van der Waals surface area contributed by atoms with Gasteiger partial charge in [-0.25, -0.2) is 4.98 Å². The normalized spacial score (nSPS) is 28.4. The third-order valence-electron chi connectivity index (χ3n) is 7.26. The summed E-state index contributed by atoms with van der Waals surface area (Å²) in [6.45, 7) is 0.231. The lowest BCUT2D eigenvalue weighted by Gasteiger charge is -2.55. The lowest BCUT2D eigenvalue weighted by molar-refractivity contribution is -0.147. The van der Waals surface area contributed by atoms with E-state index in [-0.39, 0.29) is 30.3 Å². The van der Waals surface area contributed by atoms with Crippen LogP contribution in [0.3, 0.4) is 0 Å². The Kier molecular flexibility index (Phi) is 5.16. The van der Waals surface area contributed by atoms with Crippen LogP contribution in [0.5, 0.6) is 5.75 Å². The van der Waals surface area contributed by atoms with Crippen molar-refractivity contribution >= 4 is 11.8 Å². The molecule has 2 amide bonds. The Morgan fingerprint density at radius 1 is 1.06 bits per heavy atom. The van der Waals surface area contributed by atoms with Gasteiger partial charge in [-0.1, -0.05) is 0 Å². The van der Waals surface area contributed by atoms with Crippen LogP contribution < -0.4 is 15.4 Å². The van der Waals surface area contributed by atoms with Crippen molar-refractivity contribution in [1.82, 2.24) is 25.8 Å². The minimum absolute atomic E-state index is 0.0000570. The molecule has 4 bridgehead atoms. The molecule has 0 unspecified atom stereocenters. The van der Waals surface area contributed by atoms with E-state index in [0.29, 0.717) is 29.4 Å². The molecule has 1 aromatic heterocycles.